The van der Waals surface area contributed by atoms with Crippen molar-refractivity contribution in [2.45, 2.75) is 12.1 Å². The van der Waals surface area contributed by atoms with Crippen LogP contribution in [0.2, 0.25) is 0 Å². The van der Waals surface area contributed by atoms with Crippen molar-refractivity contribution in [3.63, 3.8) is 0 Å². The van der Waals surface area contributed by atoms with Crippen molar-refractivity contribution in [3.05, 3.63) is 60.2 Å². The number of halogens is 2. The Labute approximate surface area is 157 Å². The summed E-state index contributed by atoms with van der Waals surface area (Å²) in [4.78, 5) is 38.5. The third-order valence-electron chi connectivity index (χ3n) is 4.38. The average molecular weight is 385 g/mol. The van der Waals surface area contributed by atoms with Crippen molar-refractivity contribution in [1.29, 1.82) is 0 Å². The number of para-hydroxylation sites is 1. The van der Waals surface area contributed by atoms with Crippen LogP contribution in [0, 0.1) is 11.6 Å². The van der Waals surface area contributed by atoms with Gasteiger partial charge in [0.05, 0.1) is 11.4 Å². The van der Waals surface area contributed by atoms with Gasteiger partial charge >= 0.3 is 0 Å². The third kappa shape index (κ3) is 2.98. The van der Waals surface area contributed by atoms with Crippen molar-refractivity contribution in [3.8, 4) is 0 Å². The lowest BCUT2D eigenvalue weighted by molar-refractivity contribution is -0.123. The number of rotatable bonds is 4. The molecule has 2 aromatic rings. The number of benzene rings is 2. The van der Waals surface area contributed by atoms with E-state index in [-0.39, 0.29) is 5.69 Å². The Morgan fingerprint density at radius 2 is 1.82 bits per heavy atom. The fraction of sp³-hybridized carbons (Fsp3) is 0.167. The van der Waals surface area contributed by atoms with E-state index in [2.05, 4.69) is 15.7 Å². The average Bonchev–Trinajstić information content (AvgIpc) is 3.19. The smallest absolute Gasteiger partial charge is 0.263 e. The monoisotopic (exact) mass is 385 g/mol. The van der Waals surface area contributed by atoms with Gasteiger partial charge in [-0.2, -0.15) is 5.11 Å². The van der Waals surface area contributed by atoms with Gasteiger partial charge in [0.15, 0.2) is 12.1 Å². The number of hydrogen-bond donors (Lipinski definition) is 1. The van der Waals surface area contributed by atoms with Gasteiger partial charge in [0.2, 0.25) is 5.91 Å². The van der Waals surface area contributed by atoms with E-state index in [9.17, 15) is 23.2 Å². The van der Waals surface area contributed by atoms with Crippen LogP contribution in [0.25, 0.3) is 0 Å². The molecule has 0 bridgehead atoms. The molecule has 0 aromatic heterocycles. The first-order chi connectivity index (χ1) is 13.5. The van der Waals surface area contributed by atoms with E-state index in [0.29, 0.717) is 5.69 Å². The van der Waals surface area contributed by atoms with Gasteiger partial charge in [-0.3, -0.25) is 19.4 Å². The Hall–Kier alpha value is -3.69. The fourth-order valence-corrected chi connectivity index (χ4v) is 3.12. The first kappa shape index (κ1) is 17.7. The van der Waals surface area contributed by atoms with Gasteiger partial charge < -0.3 is 5.32 Å². The molecular formula is C18H13F2N5O3. The van der Waals surface area contributed by atoms with Gasteiger partial charge in [-0.25, -0.2) is 13.7 Å². The molecule has 0 aliphatic carbocycles. The number of carbonyl (C=O) groups is 3. The van der Waals surface area contributed by atoms with Gasteiger partial charge in [0.1, 0.15) is 18.2 Å². The number of amides is 3. The zero-order valence-electron chi connectivity index (χ0n) is 14.3. The lowest BCUT2D eigenvalue weighted by Gasteiger charge is -2.20. The summed E-state index contributed by atoms with van der Waals surface area (Å²) in [5.74, 6) is -3.35. The summed E-state index contributed by atoms with van der Waals surface area (Å²) < 4.78 is 26.9. The van der Waals surface area contributed by atoms with E-state index < -0.39 is 48.0 Å². The normalized spacial score (nSPS) is 20.6. The van der Waals surface area contributed by atoms with Crippen LogP contribution in [0.15, 0.2) is 58.9 Å². The van der Waals surface area contributed by atoms with Gasteiger partial charge in [-0.05, 0) is 24.3 Å². The lowest BCUT2D eigenvalue weighted by Crippen LogP contribution is -2.43. The molecule has 1 saturated heterocycles. The van der Waals surface area contributed by atoms with Crippen LogP contribution < -0.4 is 10.2 Å². The maximum atomic E-state index is 13.7. The molecule has 142 valence electrons. The highest BCUT2D eigenvalue weighted by Gasteiger charge is 2.55. The molecule has 2 aliphatic heterocycles. The predicted molar refractivity (Wildman–Crippen MR) is 93.1 cm³/mol. The molecule has 0 radical (unpaired) electrons. The minimum Gasteiger partial charge on any atom is -0.322 e. The molecule has 2 aliphatic rings. The number of nitrogens with one attached hydrogen (secondary N) is 1. The SMILES string of the molecule is O=C(CN1N=N[C@@H]2C(=O)N(c3ccccc3)C(=O)[C@@H]21)Nc1cc(F)ccc1F. The Balaban J connectivity index is 1.49. The van der Waals surface area contributed by atoms with Crippen molar-refractivity contribution >= 4 is 29.1 Å². The zero-order valence-corrected chi connectivity index (χ0v) is 14.3. The summed E-state index contributed by atoms with van der Waals surface area (Å²) in [5.41, 5.74) is 0.0609. The summed E-state index contributed by atoms with van der Waals surface area (Å²) in [5, 5.41) is 10.8. The second-order valence-corrected chi connectivity index (χ2v) is 6.21. The predicted octanol–water partition coefficient (Wildman–Crippen LogP) is 1.90. The van der Waals surface area contributed by atoms with Crippen molar-refractivity contribution in [1.82, 2.24) is 5.01 Å². The van der Waals surface area contributed by atoms with Crippen LogP contribution in [0.1, 0.15) is 0 Å². The molecule has 2 atom stereocenters. The molecule has 0 spiro atoms. The number of nitrogens with zero attached hydrogens (tertiary/aromatic N) is 4. The van der Waals surface area contributed by atoms with Gasteiger partial charge in [0, 0.05) is 6.07 Å². The maximum absolute atomic E-state index is 13.7. The van der Waals surface area contributed by atoms with Gasteiger partial charge in [-0.1, -0.05) is 23.4 Å². The van der Waals surface area contributed by atoms with Crippen LogP contribution in [0.4, 0.5) is 20.2 Å². The quantitative estimate of drug-likeness (QED) is 0.814. The Kier molecular flexibility index (Phi) is 4.30. The highest BCUT2D eigenvalue weighted by atomic mass is 19.1. The molecule has 10 heteroatoms. The van der Waals surface area contributed by atoms with Crippen LogP contribution in [0.3, 0.4) is 0 Å². The van der Waals surface area contributed by atoms with Crippen molar-refractivity contribution < 1.29 is 23.2 Å². The maximum Gasteiger partial charge on any atom is 0.263 e. The van der Waals surface area contributed by atoms with E-state index in [4.69, 9.17) is 0 Å². The standard InChI is InChI=1S/C18H13F2N5O3/c19-10-6-7-12(20)13(8-10)21-14(26)9-24-16-15(22-23-24)17(27)25(18(16)28)11-4-2-1-3-5-11/h1-8,15-16H,9H2,(H,21,26)/t15-,16+/m0/s1. The van der Waals surface area contributed by atoms with Crippen LogP contribution in [-0.4, -0.2) is 41.4 Å². The highest BCUT2D eigenvalue weighted by Crippen LogP contribution is 2.31. The number of carbonyl (C=O) groups excluding carboxylic acids is 3. The van der Waals surface area contributed by atoms with E-state index in [0.717, 1.165) is 28.1 Å². The molecule has 1 fully saturated rings. The molecule has 0 saturated carbocycles. The number of anilines is 2. The molecule has 2 aromatic carbocycles. The number of imide groups is 1. The lowest BCUT2D eigenvalue weighted by atomic mass is 10.1. The summed E-state index contributed by atoms with van der Waals surface area (Å²) in [7, 11) is 0. The molecular weight excluding hydrogens is 372 g/mol. The molecule has 1 N–H and O–H groups in total. The first-order valence-electron chi connectivity index (χ1n) is 8.31. The van der Waals surface area contributed by atoms with Crippen LogP contribution in [-0.2, 0) is 14.4 Å². The largest absolute Gasteiger partial charge is 0.322 e. The van der Waals surface area contributed by atoms with E-state index >= 15 is 0 Å². The Morgan fingerprint density at radius 1 is 1.07 bits per heavy atom. The van der Waals surface area contributed by atoms with Crippen molar-refractivity contribution in [2.24, 2.45) is 10.3 Å². The highest BCUT2D eigenvalue weighted by molar-refractivity contribution is 6.25. The fourth-order valence-electron chi connectivity index (χ4n) is 3.12. The molecule has 2 heterocycles. The molecule has 8 nitrogen and oxygen atoms in total. The number of fused-ring (bicyclic) bond motifs is 1. The first-order valence-corrected chi connectivity index (χ1v) is 8.31. The van der Waals surface area contributed by atoms with Gasteiger partial charge in [0.25, 0.3) is 11.8 Å². The second kappa shape index (κ2) is 6.80. The Bertz CT molecular complexity index is 998. The summed E-state index contributed by atoms with van der Waals surface area (Å²) in [6, 6.07) is 8.87. The third-order valence-corrected chi connectivity index (χ3v) is 4.38. The van der Waals surface area contributed by atoms with Crippen LogP contribution in [0.5, 0.6) is 0 Å². The van der Waals surface area contributed by atoms with E-state index in [1.165, 1.54) is 0 Å². The minimum absolute atomic E-state index is 0.336. The molecule has 4 rings (SSSR count). The topological polar surface area (TPSA) is 94.4 Å². The molecule has 3 amide bonds. The van der Waals surface area contributed by atoms with E-state index in [1.807, 2.05) is 0 Å². The summed E-state index contributed by atoms with van der Waals surface area (Å²) in [6.07, 6.45) is 0. The van der Waals surface area contributed by atoms with Crippen LogP contribution >= 0.6 is 0 Å². The Morgan fingerprint density at radius 3 is 2.57 bits per heavy atom. The summed E-state index contributed by atoms with van der Waals surface area (Å²) >= 11 is 0. The van der Waals surface area contributed by atoms with E-state index in [1.54, 1.807) is 30.3 Å². The minimum atomic E-state index is -1.06. The van der Waals surface area contributed by atoms with Crippen molar-refractivity contribution in [2.75, 3.05) is 16.8 Å². The zero-order chi connectivity index (χ0) is 19.8. The number of hydrogen-bond acceptors (Lipinski definition) is 6. The molecule has 0 unspecified atom stereocenters. The molecule has 28 heavy (non-hydrogen) atoms. The second-order valence-electron chi connectivity index (χ2n) is 6.21. The summed E-state index contributed by atoms with van der Waals surface area (Å²) in [6.45, 7) is -0.456. The van der Waals surface area contributed by atoms with Gasteiger partial charge in [-0.15, -0.1) is 0 Å².